The Kier molecular flexibility index (Phi) is 8.08. The minimum absolute atomic E-state index is 0.121. The lowest BCUT2D eigenvalue weighted by Crippen LogP contribution is -2.30. The highest BCUT2D eigenvalue weighted by Gasteiger charge is 2.40. The first-order valence-corrected chi connectivity index (χ1v) is 21.4. The number of hydrogen-bond donors (Lipinski definition) is 0. The van der Waals surface area contributed by atoms with Crippen molar-refractivity contribution in [1.82, 2.24) is 0 Å². The summed E-state index contributed by atoms with van der Waals surface area (Å²) >= 11 is 1.92. The number of hydrogen-bond acceptors (Lipinski definition) is 3. The lowest BCUT2D eigenvalue weighted by molar-refractivity contribution is 0.632. The molecule has 0 fully saturated rings. The minimum atomic E-state index is -0.174. The number of anilines is 6. The molecule has 1 aromatic heterocycles. The minimum Gasteiger partial charge on any atom is -0.310 e. The zero-order chi connectivity index (χ0) is 39.9. The molecule has 0 bridgehead atoms. The SMILES string of the molecule is CC1(C)c2ccccc2N(c2ccccc2)c2ccc(-c3ccc(N(c4ccc(-c5ccccc5)cc4)c4ccc5c(c4)C(C)(C)c4c-5sc5ccccc45)cc3)cc21. The van der Waals surface area contributed by atoms with Gasteiger partial charge in [0, 0.05) is 43.2 Å². The van der Waals surface area contributed by atoms with E-state index in [-0.39, 0.29) is 10.8 Å². The summed E-state index contributed by atoms with van der Waals surface area (Å²) < 4.78 is 1.36. The maximum Gasteiger partial charge on any atom is 0.0503 e. The van der Waals surface area contributed by atoms with Crippen LogP contribution in [0.25, 0.3) is 42.8 Å². The first-order valence-electron chi connectivity index (χ1n) is 20.6. The van der Waals surface area contributed by atoms with E-state index in [1.54, 1.807) is 0 Å². The van der Waals surface area contributed by atoms with Gasteiger partial charge in [-0.25, -0.2) is 0 Å². The van der Waals surface area contributed by atoms with E-state index < -0.39 is 0 Å². The summed E-state index contributed by atoms with van der Waals surface area (Å²) in [5, 5.41) is 1.38. The average Bonchev–Trinajstić information content (AvgIpc) is 3.78. The molecule has 2 aliphatic rings. The van der Waals surface area contributed by atoms with Gasteiger partial charge in [-0.05, 0) is 128 Å². The van der Waals surface area contributed by atoms with E-state index in [9.17, 15) is 0 Å². The number of para-hydroxylation sites is 2. The maximum absolute atomic E-state index is 2.44. The third-order valence-electron chi connectivity index (χ3n) is 12.8. The fourth-order valence-electron chi connectivity index (χ4n) is 9.80. The normalized spacial score (nSPS) is 14.3. The van der Waals surface area contributed by atoms with E-state index in [0.29, 0.717) is 0 Å². The van der Waals surface area contributed by atoms with Crippen molar-refractivity contribution in [3.8, 4) is 32.7 Å². The van der Waals surface area contributed by atoms with Crippen molar-refractivity contribution in [3.63, 3.8) is 0 Å². The number of rotatable bonds is 6. The lowest BCUT2D eigenvalue weighted by Gasteiger charge is -2.42. The van der Waals surface area contributed by atoms with Gasteiger partial charge in [-0.15, -0.1) is 11.3 Å². The van der Waals surface area contributed by atoms with Gasteiger partial charge in [0.15, 0.2) is 0 Å². The van der Waals surface area contributed by atoms with Crippen molar-refractivity contribution in [2.45, 2.75) is 38.5 Å². The molecule has 9 aromatic rings. The molecule has 284 valence electrons. The Labute approximate surface area is 351 Å². The molecule has 11 rings (SSSR count). The van der Waals surface area contributed by atoms with Gasteiger partial charge in [0.05, 0.1) is 11.4 Å². The molecule has 2 nitrogen and oxygen atoms in total. The summed E-state index contributed by atoms with van der Waals surface area (Å²) in [6.45, 7) is 9.51. The second kappa shape index (κ2) is 13.4. The van der Waals surface area contributed by atoms with Crippen LogP contribution in [0.15, 0.2) is 194 Å². The molecule has 0 atom stereocenters. The molecule has 2 heterocycles. The highest BCUT2D eigenvalue weighted by Crippen LogP contribution is 2.57. The van der Waals surface area contributed by atoms with Crippen LogP contribution in [0.3, 0.4) is 0 Å². The van der Waals surface area contributed by atoms with Gasteiger partial charge in [-0.3, -0.25) is 0 Å². The molecule has 0 radical (unpaired) electrons. The van der Waals surface area contributed by atoms with Gasteiger partial charge in [0.25, 0.3) is 0 Å². The van der Waals surface area contributed by atoms with E-state index in [4.69, 9.17) is 0 Å². The van der Waals surface area contributed by atoms with Crippen LogP contribution in [0.4, 0.5) is 34.1 Å². The van der Waals surface area contributed by atoms with Gasteiger partial charge in [-0.1, -0.05) is 149 Å². The topological polar surface area (TPSA) is 6.48 Å². The van der Waals surface area contributed by atoms with Crippen LogP contribution in [0.2, 0.25) is 0 Å². The predicted octanol–water partition coefficient (Wildman–Crippen LogP) is 16.1. The molecule has 0 saturated heterocycles. The van der Waals surface area contributed by atoms with E-state index in [1.165, 1.54) is 82.1 Å². The molecule has 0 N–H and O–H groups in total. The zero-order valence-electron chi connectivity index (χ0n) is 33.8. The Bertz CT molecular complexity index is 3030. The van der Waals surface area contributed by atoms with Crippen LogP contribution < -0.4 is 9.80 Å². The van der Waals surface area contributed by atoms with Crippen LogP contribution in [-0.4, -0.2) is 0 Å². The third kappa shape index (κ3) is 5.60. The number of nitrogens with zero attached hydrogens (tertiary/aromatic N) is 2. The van der Waals surface area contributed by atoms with Crippen LogP contribution in [0.5, 0.6) is 0 Å². The standard InChI is InChI=1S/C56H44N2S/c1-55(2)47-20-12-13-21-50(47)58(41-17-9-6-10-18-41)51-34-27-40(35-49(51)55)39-25-30-43(31-26-39)57(42-28-23-38(24-29-42)37-15-7-5-8-16-37)44-32-33-45-48(36-44)56(3,4)53-46-19-11-14-22-52(46)59-54(45)53/h5-36H,1-4H3. The summed E-state index contributed by atoms with van der Waals surface area (Å²) in [6, 6.07) is 71.5. The fourth-order valence-corrected chi connectivity index (χ4v) is 11.2. The van der Waals surface area contributed by atoms with Crippen molar-refractivity contribution < 1.29 is 0 Å². The summed E-state index contributed by atoms with van der Waals surface area (Å²) in [4.78, 5) is 6.25. The number of fused-ring (bicyclic) bond motifs is 7. The Hall–Kier alpha value is -6.68. The van der Waals surface area contributed by atoms with Crippen molar-refractivity contribution >= 4 is 55.5 Å². The highest BCUT2D eigenvalue weighted by molar-refractivity contribution is 7.22. The monoisotopic (exact) mass is 776 g/mol. The Morgan fingerprint density at radius 3 is 1.71 bits per heavy atom. The van der Waals surface area contributed by atoms with Crippen molar-refractivity contribution in [1.29, 1.82) is 0 Å². The summed E-state index contributed by atoms with van der Waals surface area (Å²) in [5.74, 6) is 0. The van der Waals surface area contributed by atoms with E-state index >= 15 is 0 Å². The first kappa shape index (κ1) is 35.5. The van der Waals surface area contributed by atoms with Gasteiger partial charge < -0.3 is 9.80 Å². The Balaban J connectivity index is 1.00. The number of thiophene rings is 1. The molecule has 1 aliphatic heterocycles. The molecule has 1 aliphatic carbocycles. The molecule has 59 heavy (non-hydrogen) atoms. The second-order valence-electron chi connectivity index (χ2n) is 17.0. The number of benzene rings is 8. The van der Waals surface area contributed by atoms with Crippen LogP contribution in [0, 0.1) is 0 Å². The van der Waals surface area contributed by atoms with Crippen LogP contribution in [-0.2, 0) is 10.8 Å². The van der Waals surface area contributed by atoms with E-state index in [2.05, 4.69) is 232 Å². The lowest BCUT2D eigenvalue weighted by atomic mass is 9.73. The van der Waals surface area contributed by atoms with Crippen molar-refractivity contribution in [2.24, 2.45) is 0 Å². The summed E-state index contributed by atoms with van der Waals surface area (Å²) in [5.41, 5.74) is 18.4. The Morgan fingerprint density at radius 1 is 0.424 bits per heavy atom. The smallest absolute Gasteiger partial charge is 0.0503 e. The van der Waals surface area contributed by atoms with Gasteiger partial charge in [0.1, 0.15) is 0 Å². The van der Waals surface area contributed by atoms with Crippen molar-refractivity contribution in [3.05, 3.63) is 216 Å². The molecule has 3 heteroatoms. The maximum atomic E-state index is 2.44. The second-order valence-corrected chi connectivity index (χ2v) is 18.0. The molecular formula is C56H44N2S. The van der Waals surface area contributed by atoms with Gasteiger partial charge >= 0.3 is 0 Å². The average molecular weight is 777 g/mol. The van der Waals surface area contributed by atoms with E-state index in [1.807, 2.05) is 11.3 Å². The molecule has 0 unspecified atom stereocenters. The Morgan fingerprint density at radius 2 is 0.983 bits per heavy atom. The van der Waals surface area contributed by atoms with Gasteiger partial charge in [0.2, 0.25) is 0 Å². The molecule has 0 saturated carbocycles. The fraction of sp³-hybridized carbons (Fsp3) is 0.107. The third-order valence-corrected chi connectivity index (χ3v) is 14.0. The molecular weight excluding hydrogens is 733 g/mol. The molecule has 0 amide bonds. The largest absolute Gasteiger partial charge is 0.310 e. The van der Waals surface area contributed by atoms with Gasteiger partial charge in [-0.2, -0.15) is 0 Å². The van der Waals surface area contributed by atoms with Crippen LogP contribution >= 0.6 is 11.3 Å². The predicted molar refractivity (Wildman–Crippen MR) is 252 cm³/mol. The summed E-state index contributed by atoms with van der Waals surface area (Å²) in [6.07, 6.45) is 0. The van der Waals surface area contributed by atoms with Crippen molar-refractivity contribution in [2.75, 3.05) is 9.80 Å². The highest BCUT2D eigenvalue weighted by atomic mass is 32.1. The molecule has 0 spiro atoms. The van der Waals surface area contributed by atoms with E-state index in [0.717, 1.165) is 17.1 Å². The summed E-state index contributed by atoms with van der Waals surface area (Å²) in [7, 11) is 0. The van der Waals surface area contributed by atoms with Crippen LogP contribution in [0.1, 0.15) is 49.9 Å². The first-order chi connectivity index (χ1) is 28.8. The zero-order valence-corrected chi connectivity index (χ0v) is 34.6. The molecule has 8 aromatic carbocycles. The quantitative estimate of drug-likeness (QED) is 0.166.